The van der Waals surface area contributed by atoms with E-state index in [0.717, 1.165) is 5.69 Å². The molecule has 0 saturated carbocycles. The first-order valence-corrected chi connectivity index (χ1v) is 6.24. The Labute approximate surface area is 116 Å². The largest absolute Gasteiger partial charge is 0.459 e. The van der Waals surface area contributed by atoms with Crippen molar-refractivity contribution >= 4 is 11.8 Å². The molecular weight excluding hydrogens is 258 g/mol. The SMILES string of the molecule is O=C(CCNC(=O)c1ccco1)NCc1ccccn1. The molecule has 2 amide bonds. The Bertz CT molecular complexity index is 552. The molecule has 2 aromatic rings. The van der Waals surface area contributed by atoms with E-state index in [4.69, 9.17) is 4.42 Å². The molecule has 0 aliphatic heterocycles. The van der Waals surface area contributed by atoms with Crippen LogP contribution >= 0.6 is 0 Å². The molecule has 0 fully saturated rings. The zero-order chi connectivity index (χ0) is 14.2. The first kappa shape index (κ1) is 13.8. The first-order valence-electron chi connectivity index (χ1n) is 6.24. The quantitative estimate of drug-likeness (QED) is 0.825. The summed E-state index contributed by atoms with van der Waals surface area (Å²) in [6.45, 7) is 0.638. The van der Waals surface area contributed by atoms with Crippen LogP contribution in [0.15, 0.2) is 47.2 Å². The van der Waals surface area contributed by atoms with Gasteiger partial charge in [0.1, 0.15) is 0 Å². The fraction of sp³-hybridized carbons (Fsp3) is 0.214. The molecule has 0 atom stereocenters. The molecule has 6 nitrogen and oxygen atoms in total. The zero-order valence-corrected chi connectivity index (χ0v) is 10.8. The summed E-state index contributed by atoms with van der Waals surface area (Å²) < 4.78 is 4.94. The van der Waals surface area contributed by atoms with Gasteiger partial charge < -0.3 is 15.1 Å². The summed E-state index contributed by atoms with van der Waals surface area (Å²) in [6, 6.07) is 8.71. The molecular formula is C14H15N3O3. The maximum absolute atomic E-state index is 11.6. The molecule has 2 aromatic heterocycles. The Hall–Kier alpha value is -2.63. The van der Waals surface area contributed by atoms with Gasteiger partial charge in [0.05, 0.1) is 18.5 Å². The lowest BCUT2D eigenvalue weighted by Gasteiger charge is -2.05. The van der Waals surface area contributed by atoms with Crippen LogP contribution in [0.3, 0.4) is 0 Å². The van der Waals surface area contributed by atoms with E-state index in [0.29, 0.717) is 6.54 Å². The molecule has 2 rings (SSSR count). The van der Waals surface area contributed by atoms with Gasteiger partial charge in [-0.15, -0.1) is 0 Å². The summed E-state index contributed by atoms with van der Waals surface area (Å²) in [7, 11) is 0. The number of hydrogen-bond donors (Lipinski definition) is 2. The minimum absolute atomic E-state index is 0.143. The van der Waals surface area contributed by atoms with E-state index in [2.05, 4.69) is 15.6 Å². The highest BCUT2D eigenvalue weighted by molar-refractivity contribution is 5.91. The molecule has 0 spiro atoms. The number of furan rings is 1. The van der Waals surface area contributed by atoms with Crippen LogP contribution in [0.4, 0.5) is 0 Å². The molecule has 0 aromatic carbocycles. The summed E-state index contributed by atoms with van der Waals surface area (Å²) >= 11 is 0. The van der Waals surface area contributed by atoms with Crippen molar-refractivity contribution in [3.63, 3.8) is 0 Å². The van der Waals surface area contributed by atoms with Crippen molar-refractivity contribution in [3.8, 4) is 0 Å². The van der Waals surface area contributed by atoms with Crippen LogP contribution in [-0.2, 0) is 11.3 Å². The van der Waals surface area contributed by atoms with Crippen molar-refractivity contribution in [2.24, 2.45) is 0 Å². The Morgan fingerprint density at radius 1 is 1.15 bits per heavy atom. The standard InChI is InChI=1S/C14H15N3O3/c18-13(17-10-11-4-1-2-7-15-11)6-8-16-14(19)12-5-3-9-20-12/h1-5,7,9H,6,8,10H2,(H,16,19)(H,17,18). The lowest BCUT2D eigenvalue weighted by molar-refractivity contribution is -0.121. The third-order valence-electron chi connectivity index (χ3n) is 2.58. The topological polar surface area (TPSA) is 84.2 Å². The second kappa shape index (κ2) is 7.08. The van der Waals surface area contributed by atoms with Gasteiger partial charge in [0.25, 0.3) is 5.91 Å². The Morgan fingerprint density at radius 3 is 2.75 bits per heavy atom. The number of aromatic nitrogens is 1. The van der Waals surface area contributed by atoms with Gasteiger partial charge in [-0.1, -0.05) is 6.07 Å². The lowest BCUT2D eigenvalue weighted by atomic mass is 10.3. The normalized spacial score (nSPS) is 10.0. The van der Waals surface area contributed by atoms with Crippen molar-refractivity contribution < 1.29 is 14.0 Å². The Morgan fingerprint density at radius 2 is 2.05 bits per heavy atom. The number of pyridine rings is 1. The smallest absolute Gasteiger partial charge is 0.286 e. The van der Waals surface area contributed by atoms with Crippen LogP contribution in [-0.4, -0.2) is 23.3 Å². The number of rotatable bonds is 6. The van der Waals surface area contributed by atoms with Crippen molar-refractivity contribution in [1.29, 1.82) is 0 Å². The molecule has 0 radical (unpaired) electrons. The first-order chi connectivity index (χ1) is 9.75. The Kier molecular flexibility index (Phi) is 4.88. The van der Waals surface area contributed by atoms with Crippen LogP contribution < -0.4 is 10.6 Å². The molecule has 0 bridgehead atoms. The number of carbonyl (C=O) groups excluding carboxylic acids is 2. The molecule has 2 N–H and O–H groups in total. The summed E-state index contributed by atoms with van der Waals surface area (Å²) in [6.07, 6.45) is 3.30. The highest BCUT2D eigenvalue weighted by atomic mass is 16.3. The van der Waals surface area contributed by atoms with Crippen LogP contribution in [0.1, 0.15) is 22.7 Å². The second-order valence-corrected chi connectivity index (χ2v) is 4.08. The molecule has 20 heavy (non-hydrogen) atoms. The molecule has 0 unspecified atom stereocenters. The summed E-state index contributed by atoms with van der Waals surface area (Å²) in [5, 5.41) is 5.34. The van der Waals surface area contributed by atoms with Gasteiger partial charge in [-0.2, -0.15) is 0 Å². The van der Waals surface area contributed by atoms with Crippen LogP contribution in [0.2, 0.25) is 0 Å². The molecule has 2 heterocycles. The summed E-state index contributed by atoms with van der Waals surface area (Å²) in [5.74, 6) is -0.234. The second-order valence-electron chi connectivity index (χ2n) is 4.08. The molecule has 0 aliphatic carbocycles. The fourth-order valence-corrected chi connectivity index (χ4v) is 1.56. The number of carbonyl (C=O) groups is 2. The summed E-state index contributed by atoms with van der Waals surface area (Å²) in [5.41, 5.74) is 0.792. The molecule has 0 aliphatic rings. The van der Waals surface area contributed by atoms with E-state index in [-0.39, 0.29) is 30.5 Å². The number of hydrogen-bond acceptors (Lipinski definition) is 4. The average molecular weight is 273 g/mol. The fourth-order valence-electron chi connectivity index (χ4n) is 1.56. The number of nitrogens with zero attached hydrogens (tertiary/aromatic N) is 1. The number of amides is 2. The number of nitrogens with one attached hydrogen (secondary N) is 2. The van der Waals surface area contributed by atoms with Gasteiger partial charge in [0.2, 0.25) is 5.91 Å². The molecule has 0 saturated heterocycles. The van der Waals surface area contributed by atoms with Crippen LogP contribution in [0.25, 0.3) is 0 Å². The monoisotopic (exact) mass is 273 g/mol. The van der Waals surface area contributed by atoms with Gasteiger partial charge in [-0.3, -0.25) is 14.6 Å². The maximum Gasteiger partial charge on any atom is 0.286 e. The lowest BCUT2D eigenvalue weighted by Crippen LogP contribution is -2.30. The predicted octanol–water partition coefficient (Wildman–Crippen LogP) is 1.11. The minimum Gasteiger partial charge on any atom is -0.459 e. The van der Waals surface area contributed by atoms with E-state index in [1.165, 1.54) is 6.26 Å². The van der Waals surface area contributed by atoms with Crippen molar-refractivity contribution in [2.75, 3.05) is 6.54 Å². The zero-order valence-electron chi connectivity index (χ0n) is 10.8. The van der Waals surface area contributed by atoms with Gasteiger partial charge >= 0.3 is 0 Å². The van der Waals surface area contributed by atoms with E-state index in [1.54, 1.807) is 18.3 Å². The summed E-state index contributed by atoms with van der Waals surface area (Å²) in [4.78, 5) is 27.2. The van der Waals surface area contributed by atoms with Crippen molar-refractivity contribution in [3.05, 3.63) is 54.2 Å². The Balaban J connectivity index is 1.64. The van der Waals surface area contributed by atoms with Gasteiger partial charge in [-0.25, -0.2) is 0 Å². The third-order valence-corrected chi connectivity index (χ3v) is 2.58. The average Bonchev–Trinajstić information content (AvgIpc) is 3.00. The van der Waals surface area contributed by atoms with Crippen LogP contribution in [0, 0.1) is 0 Å². The van der Waals surface area contributed by atoms with E-state index < -0.39 is 0 Å². The predicted molar refractivity (Wildman–Crippen MR) is 71.7 cm³/mol. The van der Waals surface area contributed by atoms with Crippen molar-refractivity contribution in [1.82, 2.24) is 15.6 Å². The van der Waals surface area contributed by atoms with E-state index >= 15 is 0 Å². The third kappa shape index (κ3) is 4.24. The van der Waals surface area contributed by atoms with Gasteiger partial charge in [0, 0.05) is 19.2 Å². The van der Waals surface area contributed by atoms with Gasteiger partial charge in [0.15, 0.2) is 5.76 Å². The van der Waals surface area contributed by atoms with Crippen LogP contribution in [0.5, 0.6) is 0 Å². The highest BCUT2D eigenvalue weighted by Crippen LogP contribution is 1.99. The highest BCUT2D eigenvalue weighted by Gasteiger charge is 2.08. The molecule has 6 heteroatoms. The minimum atomic E-state index is -0.326. The molecule has 104 valence electrons. The van der Waals surface area contributed by atoms with E-state index in [9.17, 15) is 9.59 Å². The van der Waals surface area contributed by atoms with E-state index in [1.807, 2.05) is 18.2 Å². The van der Waals surface area contributed by atoms with Gasteiger partial charge in [-0.05, 0) is 24.3 Å². The van der Waals surface area contributed by atoms with Crippen molar-refractivity contribution in [2.45, 2.75) is 13.0 Å². The maximum atomic E-state index is 11.6.